The van der Waals surface area contributed by atoms with Gasteiger partial charge in [-0.05, 0) is 77.0 Å². The number of carbonyl (C=O) groups is 2. The molecule has 0 spiro atoms. The Morgan fingerprint density at radius 3 is 1.00 bits per heavy atom. The van der Waals surface area contributed by atoms with Crippen molar-refractivity contribution in [1.82, 2.24) is 26.6 Å². The molecule has 296 valence electrons. The molecule has 0 bridgehead atoms. The fourth-order valence-corrected chi connectivity index (χ4v) is 5.68. The van der Waals surface area contributed by atoms with Gasteiger partial charge >= 0.3 is 0 Å². The fraction of sp³-hybridized carbons (Fsp3) is 0.773. The van der Waals surface area contributed by atoms with Crippen LogP contribution in [0.1, 0.15) is 168 Å². The van der Waals surface area contributed by atoms with Crippen LogP contribution in [-0.4, -0.2) is 64.2 Å². The van der Waals surface area contributed by atoms with Crippen molar-refractivity contribution in [2.45, 2.75) is 168 Å². The van der Waals surface area contributed by atoms with Crippen molar-refractivity contribution in [3.63, 3.8) is 0 Å². The van der Waals surface area contributed by atoms with Crippen LogP contribution in [0.3, 0.4) is 0 Å². The Morgan fingerprint density at radius 2 is 0.647 bits per heavy atom. The summed E-state index contributed by atoms with van der Waals surface area (Å²) in [5.74, 6) is 0.341. The summed E-state index contributed by atoms with van der Waals surface area (Å²) in [6.45, 7) is 11.0. The van der Waals surface area contributed by atoms with Crippen molar-refractivity contribution in [3.8, 4) is 0 Å². The van der Waals surface area contributed by atoms with Gasteiger partial charge in [-0.1, -0.05) is 127 Å². The van der Waals surface area contributed by atoms with Crippen LogP contribution in [0.2, 0.25) is 0 Å². The van der Waals surface area contributed by atoms with Crippen LogP contribution in [0.25, 0.3) is 0 Å². The first-order chi connectivity index (χ1) is 25.2. The van der Waals surface area contributed by atoms with Gasteiger partial charge in [0.25, 0.3) is 0 Å². The average Bonchev–Trinajstić information content (AvgIpc) is 3.13. The summed E-state index contributed by atoms with van der Waals surface area (Å²) in [5, 5.41) is 16.2. The van der Waals surface area contributed by atoms with Crippen molar-refractivity contribution in [2.75, 3.05) is 52.4 Å². The molecule has 0 aliphatic heterocycles. The van der Waals surface area contributed by atoms with Gasteiger partial charge in [0.1, 0.15) is 0 Å². The molecule has 0 aliphatic rings. The number of allylic oxidation sites excluding steroid dienone is 8. The molecule has 0 atom stereocenters. The summed E-state index contributed by atoms with van der Waals surface area (Å²) in [4.78, 5) is 24.1. The lowest BCUT2D eigenvalue weighted by atomic mass is 10.1. The second kappa shape index (κ2) is 43.9. The third-order valence-corrected chi connectivity index (χ3v) is 8.91. The van der Waals surface area contributed by atoms with Gasteiger partial charge in [-0.2, -0.15) is 0 Å². The molecule has 0 saturated heterocycles. The predicted octanol–water partition coefficient (Wildman–Crippen LogP) is 9.61. The SMILES string of the molecule is CCCCC/C=C/C/C=C/CCCCCCCC(=O)NCCNCCNCCNCCNC(=O)CCCCCCC/C=C/C/C=C/CCCCC. The Kier molecular flexibility index (Phi) is 42.0. The summed E-state index contributed by atoms with van der Waals surface area (Å²) in [6, 6.07) is 0. The number of amides is 2. The van der Waals surface area contributed by atoms with Crippen LogP contribution in [0.5, 0.6) is 0 Å². The van der Waals surface area contributed by atoms with E-state index in [0.29, 0.717) is 25.9 Å². The number of nitrogens with one attached hydrogen (secondary N) is 5. The maximum absolute atomic E-state index is 12.0. The molecule has 0 aromatic carbocycles. The van der Waals surface area contributed by atoms with Gasteiger partial charge in [0.15, 0.2) is 0 Å². The summed E-state index contributed by atoms with van der Waals surface area (Å²) in [7, 11) is 0. The molecule has 0 radical (unpaired) electrons. The van der Waals surface area contributed by atoms with Gasteiger partial charge in [0.05, 0.1) is 0 Å². The number of unbranched alkanes of at least 4 members (excludes halogenated alkanes) is 16. The predicted molar refractivity (Wildman–Crippen MR) is 223 cm³/mol. The minimum Gasteiger partial charge on any atom is -0.355 e. The Hall–Kier alpha value is -2.22. The highest BCUT2D eigenvalue weighted by Crippen LogP contribution is 2.09. The number of hydrogen-bond donors (Lipinski definition) is 5. The smallest absolute Gasteiger partial charge is 0.220 e. The second-order valence-corrected chi connectivity index (χ2v) is 13.9. The third kappa shape index (κ3) is 43.9. The van der Waals surface area contributed by atoms with Gasteiger partial charge in [-0.15, -0.1) is 0 Å². The maximum atomic E-state index is 12.0. The molecule has 0 unspecified atom stereocenters. The molecule has 51 heavy (non-hydrogen) atoms. The zero-order valence-corrected chi connectivity index (χ0v) is 33.6. The Morgan fingerprint density at radius 1 is 0.353 bits per heavy atom. The van der Waals surface area contributed by atoms with Crippen molar-refractivity contribution >= 4 is 11.8 Å². The quantitative estimate of drug-likeness (QED) is 0.0322. The second-order valence-electron chi connectivity index (χ2n) is 13.9. The lowest BCUT2D eigenvalue weighted by Gasteiger charge is -2.09. The van der Waals surface area contributed by atoms with Crippen LogP contribution in [0, 0.1) is 0 Å². The number of hydrogen-bond acceptors (Lipinski definition) is 5. The summed E-state index contributed by atoms with van der Waals surface area (Å²) >= 11 is 0. The van der Waals surface area contributed by atoms with Gasteiger partial charge in [-0.3, -0.25) is 9.59 Å². The molecule has 0 saturated carbocycles. The van der Waals surface area contributed by atoms with E-state index < -0.39 is 0 Å². The minimum atomic E-state index is 0.171. The van der Waals surface area contributed by atoms with E-state index in [9.17, 15) is 9.59 Å². The van der Waals surface area contributed by atoms with E-state index in [1.807, 2.05) is 0 Å². The molecular formula is C44H83N5O2. The molecule has 0 rings (SSSR count). The van der Waals surface area contributed by atoms with Gasteiger partial charge < -0.3 is 26.6 Å². The molecule has 0 aromatic rings. The average molecular weight is 714 g/mol. The molecule has 0 aliphatic carbocycles. The van der Waals surface area contributed by atoms with E-state index in [-0.39, 0.29) is 11.8 Å². The lowest BCUT2D eigenvalue weighted by molar-refractivity contribution is -0.122. The summed E-state index contributed by atoms with van der Waals surface area (Å²) in [6.07, 6.45) is 46.2. The first kappa shape index (κ1) is 48.8. The molecule has 7 heteroatoms. The fourth-order valence-electron chi connectivity index (χ4n) is 5.68. The van der Waals surface area contributed by atoms with E-state index in [1.165, 1.54) is 103 Å². The van der Waals surface area contributed by atoms with Gasteiger partial charge in [-0.25, -0.2) is 0 Å². The zero-order valence-electron chi connectivity index (χ0n) is 33.6. The number of rotatable bonds is 40. The largest absolute Gasteiger partial charge is 0.355 e. The van der Waals surface area contributed by atoms with Gasteiger partial charge in [0.2, 0.25) is 11.8 Å². The first-order valence-electron chi connectivity index (χ1n) is 21.5. The van der Waals surface area contributed by atoms with Crippen LogP contribution < -0.4 is 26.6 Å². The van der Waals surface area contributed by atoms with Crippen molar-refractivity contribution in [2.24, 2.45) is 0 Å². The standard InChI is InChI=1S/C44H83N5O2/c1-3-5-7-9-11-13-15-17-19-21-23-25-27-29-31-33-43(50)48-41-39-46-37-35-45-36-38-47-40-42-49-44(51)34-32-30-28-26-24-22-20-18-16-14-12-10-8-6-4-2/h11-14,17-20,45-47H,3-10,15-16,21-42H2,1-2H3,(H,48,50)(H,49,51)/b13-11+,14-12+,19-17+,20-18+. The van der Waals surface area contributed by atoms with E-state index in [1.54, 1.807) is 0 Å². The third-order valence-electron chi connectivity index (χ3n) is 8.91. The Labute approximate surface area is 316 Å². The van der Waals surface area contributed by atoms with Crippen LogP contribution >= 0.6 is 0 Å². The monoisotopic (exact) mass is 714 g/mol. The number of carbonyl (C=O) groups excluding carboxylic acids is 2. The molecule has 0 heterocycles. The van der Waals surface area contributed by atoms with Gasteiger partial charge in [0, 0.05) is 65.2 Å². The van der Waals surface area contributed by atoms with E-state index in [0.717, 1.165) is 77.8 Å². The zero-order chi connectivity index (χ0) is 37.0. The summed E-state index contributed by atoms with van der Waals surface area (Å²) in [5.41, 5.74) is 0. The van der Waals surface area contributed by atoms with Crippen LogP contribution in [0.15, 0.2) is 48.6 Å². The van der Waals surface area contributed by atoms with Crippen LogP contribution in [-0.2, 0) is 9.59 Å². The highest BCUT2D eigenvalue weighted by molar-refractivity contribution is 5.76. The maximum Gasteiger partial charge on any atom is 0.220 e. The molecule has 2 amide bonds. The van der Waals surface area contributed by atoms with Crippen LogP contribution in [0.4, 0.5) is 0 Å². The lowest BCUT2D eigenvalue weighted by Crippen LogP contribution is -2.37. The molecular weight excluding hydrogens is 631 g/mol. The van der Waals surface area contributed by atoms with E-state index in [2.05, 4.69) is 89.0 Å². The van der Waals surface area contributed by atoms with Crippen molar-refractivity contribution < 1.29 is 9.59 Å². The molecule has 5 N–H and O–H groups in total. The Bertz CT molecular complexity index is 786. The van der Waals surface area contributed by atoms with E-state index >= 15 is 0 Å². The first-order valence-corrected chi connectivity index (χ1v) is 21.5. The molecule has 0 aromatic heterocycles. The minimum absolute atomic E-state index is 0.171. The molecule has 0 fully saturated rings. The highest BCUT2D eigenvalue weighted by Gasteiger charge is 2.01. The van der Waals surface area contributed by atoms with Crippen molar-refractivity contribution in [1.29, 1.82) is 0 Å². The van der Waals surface area contributed by atoms with Crippen molar-refractivity contribution in [3.05, 3.63) is 48.6 Å². The summed E-state index contributed by atoms with van der Waals surface area (Å²) < 4.78 is 0. The topological polar surface area (TPSA) is 94.3 Å². The molecule has 7 nitrogen and oxygen atoms in total. The normalized spacial score (nSPS) is 12.0. The highest BCUT2D eigenvalue weighted by atomic mass is 16.2. The van der Waals surface area contributed by atoms with E-state index in [4.69, 9.17) is 0 Å². The Balaban J connectivity index is 3.31.